The Bertz CT molecular complexity index is 666. The van der Waals surface area contributed by atoms with E-state index in [1.54, 1.807) is 10.5 Å². The number of nitrogens with zero attached hydrogens (tertiary/aromatic N) is 3. The van der Waals surface area contributed by atoms with Crippen LogP contribution in [0.1, 0.15) is 39.1 Å². The molecule has 0 aliphatic heterocycles. The van der Waals surface area contributed by atoms with Gasteiger partial charge in [0, 0.05) is 29.7 Å². The van der Waals surface area contributed by atoms with E-state index in [0.717, 1.165) is 16.3 Å². The maximum Gasteiger partial charge on any atom is 0.259 e. The molecule has 0 aliphatic carbocycles. The third-order valence-electron chi connectivity index (χ3n) is 3.95. The molecule has 0 radical (unpaired) electrons. The molecule has 1 atom stereocenters. The van der Waals surface area contributed by atoms with Crippen LogP contribution in [-0.2, 0) is 6.54 Å². The Balaban J connectivity index is 2.29. The summed E-state index contributed by atoms with van der Waals surface area (Å²) in [5.41, 5.74) is 2.01. The van der Waals surface area contributed by atoms with Gasteiger partial charge in [0.2, 0.25) is 0 Å². The second-order valence-electron chi connectivity index (χ2n) is 6.54. The van der Waals surface area contributed by atoms with E-state index in [-0.39, 0.29) is 11.0 Å². The van der Waals surface area contributed by atoms with E-state index in [1.807, 2.05) is 12.3 Å². The number of hydrogen-bond donors (Lipinski definition) is 0. The van der Waals surface area contributed by atoms with Gasteiger partial charge in [0.05, 0.1) is 5.69 Å². The largest absolute Gasteiger partial charge is 0.297 e. The van der Waals surface area contributed by atoms with Gasteiger partial charge in [-0.05, 0) is 26.3 Å². The predicted molar refractivity (Wildman–Crippen MR) is 84.5 cm³/mol. The van der Waals surface area contributed by atoms with Gasteiger partial charge in [0.15, 0.2) is 4.96 Å². The summed E-state index contributed by atoms with van der Waals surface area (Å²) in [6.07, 6.45) is 0. The van der Waals surface area contributed by atoms with Gasteiger partial charge >= 0.3 is 0 Å². The Labute approximate surface area is 124 Å². The van der Waals surface area contributed by atoms with Crippen molar-refractivity contribution in [2.45, 2.75) is 47.2 Å². The summed E-state index contributed by atoms with van der Waals surface area (Å²) in [4.78, 5) is 19.8. The molecule has 0 aromatic carbocycles. The molecule has 2 aromatic heterocycles. The van der Waals surface area contributed by atoms with E-state index in [2.05, 4.69) is 44.6 Å². The standard InChI is InChI=1S/C15H23N3OS/c1-10-9-20-14-16-12(7-13(19)18(10)14)8-17(6)11(2)15(3,4)5/h7,9,11H,8H2,1-6H3. The second kappa shape index (κ2) is 5.30. The summed E-state index contributed by atoms with van der Waals surface area (Å²) >= 11 is 1.52. The summed E-state index contributed by atoms with van der Waals surface area (Å²) < 4.78 is 1.67. The second-order valence-corrected chi connectivity index (χ2v) is 7.37. The molecule has 2 aromatic rings. The molecule has 2 rings (SSSR count). The molecule has 20 heavy (non-hydrogen) atoms. The maximum absolute atomic E-state index is 12.1. The summed E-state index contributed by atoms with van der Waals surface area (Å²) in [7, 11) is 2.08. The molecule has 0 amide bonds. The first-order chi connectivity index (χ1) is 9.20. The number of fused-ring (bicyclic) bond motifs is 1. The molecule has 110 valence electrons. The lowest BCUT2D eigenvalue weighted by Gasteiger charge is -2.35. The van der Waals surface area contributed by atoms with Crippen molar-refractivity contribution in [3.63, 3.8) is 0 Å². The molecule has 0 spiro atoms. The highest BCUT2D eigenvalue weighted by Gasteiger charge is 2.24. The Morgan fingerprint density at radius 3 is 2.70 bits per heavy atom. The zero-order valence-corrected chi connectivity index (χ0v) is 13.9. The SMILES string of the molecule is Cc1csc2nc(CN(C)C(C)C(C)(C)C)cc(=O)n12. The smallest absolute Gasteiger partial charge is 0.259 e. The van der Waals surface area contributed by atoms with Crippen molar-refractivity contribution in [2.75, 3.05) is 7.05 Å². The maximum atomic E-state index is 12.1. The van der Waals surface area contributed by atoms with Gasteiger partial charge in [0.25, 0.3) is 5.56 Å². The molecule has 0 bridgehead atoms. The van der Waals surface area contributed by atoms with Crippen LogP contribution in [0.2, 0.25) is 0 Å². The summed E-state index contributed by atoms with van der Waals surface area (Å²) in [6, 6.07) is 2.06. The fourth-order valence-corrected chi connectivity index (χ4v) is 3.13. The summed E-state index contributed by atoms with van der Waals surface area (Å²) in [5, 5.41) is 1.97. The molecular weight excluding hydrogens is 270 g/mol. The normalized spacial score (nSPS) is 14.2. The number of aromatic nitrogens is 2. The van der Waals surface area contributed by atoms with E-state index >= 15 is 0 Å². The van der Waals surface area contributed by atoms with E-state index in [1.165, 1.54) is 11.3 Å². The number of aryl methyl sites for hydroxylation is 1. The van der Waals surface area contributed by atoms with Gasteiger partial charge in [-0.3, -0.25) is 14.1 Å². The highest BCUT2D eigenvalue weighted by Crippen LogP contribution is 2.24. The fraction of sp³-hybridized carbons (Fsp3) is 0.600. The minimum atomic E-state index is 0.0144. The Hall–Kier alpha value is -1.20. The third-order valence-corrected chi connectivity index (χ3v) is 4.90. The van der Waals surface area contributed by atoms with Crippen LogP contribution in [-0.4, -0.2) is 27.4 Å². The molecule has 1 unspecified atom stereocenters. The van der Waals surface area contributed by atoms with Crippen LogP contribution in [0.3, 0.4) is 0 Å². The van der Waals surface area contributed by atoms with Crippen molar-refractivity contribution in [1.29, 1.82) is 0 Å². The van der Waals surface area contributed by atoms with E-state index in [4.69, 9.17) is 0 Å². The quantitative estimate of drug-likeness (QED) is 0.873. The molecule has 4 nitrogen and oxygen atoms in total. The minimum Gasteiger partial charge on any atom is -0.297 e. The van der Waals surface area contributed by atoms with Crippen LogP contribution < -0.4 is 5.56 Å². The van der Waals surface area contributed by atoms with Crippen LogP contribution in [0.4, 0.5) is 0 Å². The molecule has 2 heterocycles. The van der Waals surface area contributed by atoms with Crippen LogP contribution in [0.15, 0.2) is 16.2 Å². The van der Waals surface area contributed by atoms with E-state index < -0.39 is 0 Å². The van der Waals surface area contributed by atoms with Crippen LogP contribution >= 0.6 is 11.3 Å². The van der Waals surface area contributed by atoms with E-state index in [9.17, 15) is 4.79 Å². The van der Waals surface area contributed by atoms with Crippen molar-refractivity contribution in [1.82, 2.24) is 14.3 Å². The highest BCUT2D eigenvalue weighted by molar-refractivity contribution is 7.15. The van der Waals surface area contributed by atoms with Crippen molar-refractivity contribution < 1.29 is 0 Å². The van der Waals surface area contributed by atoms with Gasteiger partial charge in [0.1, 0.15) is 0 Å². The highest BCUT2D eigenvalue weighted by atomic mass is 32.1. The van der Waals surface area contributed by atoms with Crippen LogP contribution in [0, 0.1) is 12.3 Å². The number of hydrogen-bond acceptors (Lipinski definition) is 4. The van der Waals surface area contributed by atoms with Crippen molar-refractivity contribution in [3.8, 4) is 0 Å². The van der Waals surface area contributed by atoms with Gasteiger partial charge in [-0.25, -0.2) is 4.98 Å². The molecule has 0 fully saturated rings. The lowest BCUT2D eigenvalue weighted by atomic mass is 9.87. The molecule has 0 aliphatic rings. The minimum absolute atomic E-state index is 0.0144. The van der Waals surface area contributed by atoms with Crippen molar-refractivity contribution in [3.05, 3.63) is 33.2 Å². The zero-order chi connectivity index (χ0) is 15.1. The van der Waals surface area contributed by atoms with E-state index in [0.29, 0.717) is 12.6 Å². The monoisotopic (exact) mass is 293 g/mol. The predicted octanol–water partition coefficient (Wildman–Crippen LogP) is 2.93. The number of thiazole rings is 1. The Morgan fingerprint density at radius 1 is 1.45 bits per heavy atom. The van der Waals surface area contributed by atoms with Crippen LogP contribution in [0.5, 0.6) is 0 Å². The molecular formula is C15H23N3OS. The van der Waals surface area contributed by atoms with Gasteiger partial charge in [-0.15, -0.1) is 11.3 Å². The summed E-state index contributed by atoms with van der Waals surface area (Å²) in [5.74, 6) is 0. The average molecular weight is 293 g/mol. The third kappa shape index (κ3) is 2.94. The Morgan fingerprint density at radius 2 is 2.10 bits per heavy atom. The molecule has 5 heteroatoms. The topological polar surface area (TPSA) is 37.6 Å². The number of rotatable bonds is 3. The average Bonchev–Trinajstić information content (AvgIpc) is 2.69. The fourth-order valence-electron chi connectivity index (χ4n) is 2.24. The van der Waals surface area contributed by atoms with Gasteiger partial charge in [-0.1, -0.05) is 20.8 Å². The first kappa shape index (κ1) is 15.2. The Kier molecular flexibility index (Phi) is 4.02. The first-order valence-electron chi connectivity index (χ1n) is 6.87. The van der Waals surface area contributed by atoms with Gasteiger partial charge in [-0.2, -0.15) is 0 Å². The molecule has 0 saturated carbocycles. The molecule has 0 saturated heterocycles. The lowest BCUT2D eigenvalue weighted by molar-refractivity contribution is 0.133. The van der Waals surface area contributed by atoms with Crippen LogP contribution in [0.25, 0.3) is 4.96 Å². The van der Waals surface area contributed by atoms with Gasteiger partial charge < -0.3 is 0 Å². The lowest BCUT2D eigenvalue weighted by Crippen LogP contribution is -2.39. The van der Waals surface area contributed by atoms with Crippen molar-refractivity contribution >= 4 is 16.3 Å². The molecule has 0 N–H and O–H groups in total. The zero-order valence-electron chi connectivity index (χ0n) is 13.1. The summed E-state index contributed by atoms with van der Waals surface area (Å²) in [6.45, 7) is 11.5. The van der Waals surface area contributed by atoms with Crippen molar-refractivity contribution in [2.24, 2.45) is 5.41 Å². The first-order valence-corrected chi connectivity index (χ1v) is 7.75.